The van der Waals surface area contributed by atoms with Crippen LogP contribution in [0, 0.1) is 5.92 Å². The maximum atomic E-state index is 3.91. The first-order valence-corrected chi connectivity index (χ1v) is 8.98. The number of piperazine rings is 1. The monoisotopic (exact) mass is 270 g/mol. The molecule has 0 radical (unpaired) electrons. The first kappa shape index (κ1) is 14.7. The van der Waals surface area contributed by atoms with Gasteiger partial charge < -0.3 is 5.32 Å². The first-order valence-electron chi connectivity index (χ1n) is 7.59. The summed E-state index contributed by atoms with van der Waals surface area (Å²) in [5, 5.41) is 3.91. The van der Waals surface area contributed by atoms with Crippen LogP contribution in [-0.2, 0) is 0 Å². The Balaban J connectivity index is 2.09. The Morgan fingerprint density at radius 3 is 2.44 bits per heavy atom. The molecule has 0 aromatic carbocycles. The van der Waals surface area contributed by atoms with Gasteiger partial charge in [-0.15, -0.1) is 0 Å². The van der Waals surface area contributed by atoms with Crippen LogP contribution in [0.15, 0.2) is 0 Å². The van der Waals surface area contributed by atoms with Gasteiger partial charge in [0.1, 0.15) is 0 Å². The molecule has 1 aliphatic heterocycles. The molecular formula is C15H30N2S. The lowest BCUT2D eigenvalue weighted by Gasteiger charge is -2.54. The second-order valence-corrected chi connectivity index (χ2v) is 7.38. The minimum absolute atomic E-state index is 0.381. The number of hydrogen-bond donors (Lipinski definition) is 1. The van der Waals surface area contributed by atoms with Crippen molar-refractivity contribution in [2.24, 2.45) is 5.92 Å². The molecule has 1 atom stereocenters. The summed E-state index contributed by atoms with van der Waals surface area (Å²) in [5.41, 5.74) is 0.788. The number of thioether (sulfide) groups is 1. The molecule has 2 aliphatic rings. The van der Waals surface area contributed by atoms with Crippen molar-refractivity contribution in [1.29, 1.82) is 0 Å². The normalized spacial score (nSPS) is 32.7. The molecule has 0 aromatic rings. The van der Waals surface area contributed by atoms with Crippen LogP contribution in [0.25, 0.3) is 0 Å². The van der Waals surface area contributed by atoms with Crippen molar-refractivity contribution in [3.8, 4) is 0 Å². The summed E-state index contributed by atoms with van der Waals surface area (Å²) in [6, 6.07) is 0. The number of nitrogens with zero attached hydrogens (tertiary/aromatic N) is 1. The fourth-order valence-electron chi connectivity index (χ4n) is 3.56. The minimum atomic E-state index is 0.381. The smallest absolute Gasteiger partial charge is 0.0330 e. The van der Waals surface area contributed by atoms with E-state index in [1.807, 2.05) is 11.8 Å². The van der Waals surface area contributed by atoms with Crippen molar-refractivity contribution in [1.82, 2.24) is 10.2 Å². The maximum absolute atomic E-state index is 3.91. The fraction of sp³-hybridized carbons (Fsp3) is 1.00. The topological polar surface area (TPSA) is 15.3 Å². The van der Waals surface area contributed by atoms with E-state index in [1.54, 1.807) is 0 Å². The number of rotatable bonds is 6. The van der Waals surface area contributed by atoms with Crippen LogP contribution in [0.4, 0.5) is 0 Å². The van der Waals surface area contributed by atoms with Gasteiger partial charge in [-0.25, -0.2) is 0 Å². The Hall–Kier alpha value is 0.270. The molecule has 1 saturated carbocycles. The molecule has 0 amide bonds. The highest BCUT2D eigenvalue weighted by Gasteiger charge is 2.49. The molecule has 2 rings (SSSR count). The van der Waals surface area contributed by atoms with Crippen LogP contribution in [0.5, 0.6) is 0 Å². The summed E-state index contributed by atoms with van der Waals surface area (Å²) in [5.74, 6) is 2.20. The van der Waals surface area contributed by atoms with Crippen LogP contribution in [0.2, 0.25) is 0 Å². The predicted molar refractivity (Wildman–Crippen MR) is 82.4 cm³/mol. The zero-order valence-corrected chi connectivity index (χ0v) is 13.4. The van der Waals surface area contributed by atoms with E-state index in [9.17, 15) is 0 Å². The highest BCUT2D eigenvalue weighted by atomic mass is 32.2. The van der Waals surface area contributed by atoms with Crippen molar-refractivity contribution in [3.63, 3.8) is 0 Å². The van der Waals surface area contributed by atoms with Crippen LogP contribution >= 0.6 is 11.8 Å². The van der Waals surface area contributed by atoms with E-state index in [0.29, 0.717) is 11.1 Å². The standard InChI is InChI=1S/C15H30N2S/c1-5-15(6-2)11-16-14(3,13-7-8-13)12-17(15)9-10-18-4/h13,16H,5-12H2,1-4H3. The molecule has 106 valence electrons. The largest absolute Gasteiger partial charge is 0.308 e. The lowest BCUT2D eigenvalue weighted by molar-refractivity contribution is 0.00150. The zero-order valence-electron chi connectivity index (χ0n) is 12.6. The van der Waals surface area contributed by atoms with Gasteiger partial charge in [0.25, 0.3) is 0 Å². The van der Waals surface area contributed by atoms with Crippen molar-refractivity contribution < 1.29 is 0 Å². The van der Waals surface area contributed by atoms with Crippen molar-refractivity contribution in [2.45, 2.75) is 57.5 Å². The molecular weight excluding hydrogens is 240 g/mol. The van der Waals surface area contributed by atoms with E-state index in [0.717, 1.165) is 5.92 Å². The van der Waals surface area contributed by atoms with Gasteiger partial charge in [0.05, 0.1) is 0 Å². The summed E-state index contributed by atoms with van der Waals surface area (Å²) in [7, 11) is 0. The van der Waals surface area contributed by atoms with E-state index in [-0.39, 0.29) is 0 Å². The van der Waals surface area contributed by atoms with E-state index < -0.39 is 0 Å². The average molecular weight is 270 g/mol. The van der Waals surface area contributed by atoms with Gasteiger partial charge in [-0.1, -0.05) is 13.8 Å². The Kier molecular flexibility index (Phi) is 4.66. The molecule has 2 fully saturated rings. The number of hydrogen-bond acceptors (Lipinski definition) is 3. The molecule has 3 heteroatoms. The van der Waals surface area contributed by atoms with E-state index >= 15 is 0 Å². The van der Waals surface area contributed by atoms with Gasteiger partial charge in [0.15, 0.2) is 0 Å². The third-order valence-electron chi connectivity index (χ3n) is 5.37. The molecule has 0 bridgehead atoms. The molecule has 18 heavy (non-hydrogen) atoms. The Labute approximate surface area is 117 Å². The highest BCUT2D eigenvalue weighted by Crippen LogP contribution is 2.43. The second kappa shape index (κ2) is 5.72. The van der Waals surface area contributed by atoms with Gasteiger partial charge >= 0.3 is 0 Å². The third kappa shape index (κ3) is 2.73. The van der Waals surface area contributed by atoms with Gasteiger partial charge in [-0.3, -0.25) is 4.90 Å². The Bertz CT molecular complexity index is 274. The van der Waals surface area contributed by atoms with Crippen LogP contribution < -0.4 is 5.32 Å². The summed E-state index contributed by atoms with van der Waals surface area (Å²) >= 11 is 1.98. The van der Waals surface area contributed by atoms with E-state index in [2.05, 4.69) is 37.2 Å². The lowest BCUT2D eigenvalue weighted by Crippen LogP contribution is -2.69. The van der Waals surface area contributed by atoms with Gasteiger partial charge in [-0.05, 0) is 44.8 Å². The summed E-state index contributed by atoms with van der Waals surface area (Å²) in [6.45, 7) is 10.9. The molecule has 1 aliphatic carbocycles. The zero-order chi connectivity index (χ0) is 13.2. The van der Waals surface area contributed by atoms with Crippen molar-refractivity contribution in [3.05, 3.63) is 0 Å². The SMILES string of the molecule is CCC1(CC)CNC(C)(C2CC2)CN1CCSC. The predicted octanol–water partition coefficient (Wildman–Crippen LogP) is 2.98. The summed E-state index contributed by atoms with van der Waals surface area (Å²) in [4.78, 5) is 2.80. The Morgan fingerprint density at radius 1 is 1.28 bits per heavy atom. The lowest BCUT2D eigenvalue weighted by atomic mass is 9.82. The average Bonchev–Trinajstić information content (AvgIpc) is 3.22. The molecule has 1 heterocycles. The van der Waals surface area contributed by atoms with Crippen LogP contribution in [0.3, 0.4) is 0 Å². The molecule has 1 unspecified atom stereocenters. The fourth-order valence-corrected chi connectivity index (χ4v) is 3.96. The van der Waals surface area contributed by atoms with Crippen LogP contribution in [-0.4, -0.2) is 47.6 Å². The molecule has 0 aromatic heterocycles. The molecule has 0 spiro atoms. The van der Waals surface area contributed by atoms with E-state index in [4.69, 9.17) is 0 Å². The third-order valence-corrected chi connectivity index (χ3v) is 5.96. The van der Waals surface area contributed by atoms with Gasteiger partial charge in [0.2, 0.25) is 0 Å². The Morgan fingerprint density at radius 2 is 1.94 bits per heavy atom. The quantitative estimate of drug-likeness (QED) is 0.799. The van der Waals surface area contributed by atoms with Gasteiger partial charge in [-0.2, -0.15) is 11.8 Å². The molecule has 2 nitrogen and oxygen atoms in total. The molecule has 1 saturated heterocycles. The first-order chi connectivity index (χ1) is 8.60. The second-order valence-electron chi connectivity index (χ2n) is 6.39. The highest BCUT2D eigenvalue weighted by molar-refractivity contribution is 7.98. The van der Waals surface area contributed by atoms with E-state index in [1.165, 1.54) is 51.1 Å². The maximum Gasteiger partial charge on any atom is 0.0330 e. The minimum Gasteiger partial charge on any atom is -0.308 e. The summed E-state index contributed by atoms with van der Waals surface area (Å²) in [6.07, 6.45) is 7.63. The van der Waals surface area contributed by atoms with Gasteiger partial charge in [0, 0.05) is 36.5 Å². The van der Waals surface area contributed by atoms with Crippen LogP contribution in [0.1, 0.15) is 46.5 Å². The number of nitrogens with one attached hydrogen (secondary N) is 1. The summed E-state index contributed by atoms with van der Waals surface area (Å²) < 4.78 is 0. The van der Waals surface area contributed by atoms with Crippen molar-refractivity contribution in [2.75, 3.05) is 31.6 Å². The van der Waals surface area contributed by atoms with Crippen molar-refractivity contribution >= 4 is 11.8 Å². The molecule has 1 N–H and O–H groups in total.